The molecular formula is C16H12Cl2N2O3S. The molecule has 1 heterocycles. The third-order valence-electron chi connectivity index (χ3n) is 3.12. The number of halogens is 2. The van der Waals surface area contributed by atoms with E-state index in [2.05, 4.69) is 5.32 Å². The topological polar surface area (TPSA) is 79.2 Å². The van der Waals surface area contributed by atoms with Crippen LogP contribution in [0.2, 0.25) is 10.0 Å². The second kappa shape index (κ2) is 7.67. The first-order chi connectivity index (χ1) is 11.4. The van der Waals surface area contributed by atoms with Crippen LogP contribution in [0.4, 0.5) is 5.00 Å². The highest BCUT2D eigenvalue weighted by atomic mass is 35.5. The molecule has 8 heteroatoms. The third-order valence-corrected chi connectivity index (χ3v) is 4.86. The Balaban J connectivity index is 2.35. The molecule has 124 valence electrons. The first kappa shape index (κ1) is 18.3. The number of carbonyl (C=O) groups is 2. The molecule has 0 aliphatic rings. The van der Waals surface area contributed by atoms with Crippen molar-refractivity contribution in [1.82, 2.24) is 0 Å². The highest BCUT2D eigenvalue weighted by molar-refractivity contribution is 7.18. The number of thiophene rings is 1. The molecule has 0 aliphatic carbocycles. The van der Waals surface area contributed by atoms with Crippen molar-refractivity contribution >= 4 is 51.4 Å². The van der Waals surface area contributed by atoms with Gasteiger partial charge in [-0.2, -0.15) is 5.26 Å². The van der Waals surface area contributed by atoms with Crippen LogP contribution in [0.3, 0.4) is 0 Å². The van der Waals surface area contributed by atoms with E-state index in [1.54, 1.807) is 13.8 Å². The number of amides is 1. The summed E-state index contributed by atoms with van der Waals surface area (Å²) in [5.74, 6) is -1.02. The fourth-order valence-electron chi connectivity index (χ4n) is 1.97. The minimum absolute atomic E-state index is 0.192. The molecule has 0 fully saturated rings. The summed E-state index contributed by atoms with van der Waals surface area (Å²) >= 11 is 12.8. The van der Waals surface area contributed by atoms with Crippen molar-refractivity contribution in [3.63, 3.8) is 0 Å². The predicted octanol–water partition coefficient (Wildman–Crippen LogP) is 4.66. The van der Waals surface area contributed by atoms with Gasteiger partial charge in [0.2, 0.25) is 0 Å². The molecule has 0 saturated heterocycles. The number of nitrogens with zero attached hydrogens (tertiary/aromatic N) is 1. The molecule has 2 aromatic rings. The SMILES string of the molecule is CCOC(=O)c1sc(NC(=O)c2ccc(Cl)cc2Cl)c(C#N)c1C. The summed E-state index contributed by atoms with van der Waals surface area (Å²) in [6, 6.07) is 6.47. The van der Waals surface area contributed by atoms with Gasteiger partial charge < -0.3 is 10.1 Å². The van der Waals surface area contributed by atoms with E-state index in [0.29, 0.717) is 10.6 Å². The van der Waals surface area contributed by atoms with Crippen LogP contribution in [0.5, 0.6) is 0 Å². The Morgan fingerprint density at radius 2 is 2.08 bits per heavy atom. The molecule has 1 N–H and O–H groups in total. The number of carbonyl (C=O) groups excluding carboxylic acids is 2. The smallest absolute Gasteiger partial charge is 0.348 e. The average Bonchev–Trinajstić information content (AvgIpc) is 2.83. The molecule has 0 radical (unpaired) electrons. The van der Waals surface area contributed by atoms with Crippen LogP contribution in [-0.2, 0) is 4.74 Å². The largest absolute Gasteiger partial charge is 0.462 e. The zero-order valence-electron chi connectivity index (χ0n) is 12.8. The fraction of sp³-hybridized carbons (Fsp3) is 0.188. The van der Waals surface area contributed by atoms with Crippen LogP contribution in [0, 0.1) is 18.3 Å². The molecular weight excluding hydrogens is 371 g/mol. The van der Waals surface area contributed by atoms with Gasteiger partial charge in [-0.15, -0.1) is 11.3 Å². The zero-order valence-corrected chi connectivity index (χ0v) is 15.1. The van der Waals surface area contributed by atoms with Gasteiger partial charge in [-0.05, 0) is 37.6 Å². The van der Waals surface area contributed by atoms with E-state index in [1.807, 2.05) is 6.07 Å². The van der Waals surface area contributed by atoms with Gasteiger partial charge >= 0.3 is 5.97 Å². The van der Waals surface area contributed by atoms with Gasteiger partial charge in [-0.1, -0.05) is 23.2 Å². The number of rotatable bonds is 4. The third kappa shape index (κ3) is 3.70. The van der Waals surface area contributed by atoms with Gasteiger partial charge in [0.25, 0.3) is 5.91 Å². The molecule has 0 aliphatic heterocycles. The van der Waals surface area contributed by atoms with Crippen molar-refractivity contribution in [2.45, 2.75) is 13.8 Å². The molecule has 1 aromatic carbocycles. The van der Waals surface area contributed by atoms with E-state index >= 15 is 0 Å². The van der Waals surface area contributed by atoms with Gasteiger partial charge in [-0.25, -0.2) is 4.79 Å². The molecule has 0 atom stereocenters. The molecule has 0 spiro atoms. The lowest BCUT2D eigenvalue weighted by Crippen LogP contribution is -2.12. The van der Waals surface area contributed by atoms with Crippen molar-refractivity contribution in [3.8, 4) is 6.07 Å². The lowest BCUT2D eigenvalue weighted by molar-refractivity contribution is 0.0531. The summed E-state index contributed by atoms with van der Waals surface area (Å²) in [5, 5.41) is 12.8. The van der Waals surface area contributed by atoms with Crippen molar-refractivity contribution in [3.05, 3.63) is 49.8 Å². The lowest BCUT2D eigenvalue weighted by Gasteiger charge is -2.05. The monoisotopic (exact) mass is 382 g/mol. The maximum absolute atomic E-state index is 12.4. The Morgan fingerprint density at radius 3 is 2.67 bits per heavy atom. The van der Waals surface area contributed by atoms with Crippen molar-refractivity contribution in [2.24, 2.45) is 0 Å². The Bertz CT molecular complexity index is 856. The summed E-state index contributed by atoms with van der Waals surface area (Å²) in [4.78, 5) is 24.6. The van der Waals surface area contributed by atoms with E-state index in [1.165, 1.54) is 18.2 Å². The van der Waals surface area contributed by atoms with Gasteiger partial charge in [0.05, 0.1) is 22.8 Å². The number of nitrogens with one attached hydrogen (secondary N) is 1. The lowest BCUT2D eigenvalue weighted by atomic mass is 10.1. The Labute approximate surface area is 152 Å². The molecule has 1 amide bonds. The molecule has 5 nitrogen and oxygen atoms in total. The molecule has 0 bridgehead atoms. The van der Waals surface area contributed by atoms with Gasteiger partial charge in [0, 0.05) is 5.02 Å². The summed E-state index contributed by atoms with van der Waals surface area (Å²) in [7, 11) is 0. The van der Waals surface area contributed by atoms with Crippen molar-refractivity contribution in [2.75, 3.05) is 11.9 Å². The zero-order chi connectivity index (χ0) is 17.9. The summed E-state index contributed by atoms with van der Waals surface area (Å²) < 4.78 is 4.96. The van der Waals surface area contributed by atoms with Gasteiger partial charge in [0.1, 0.15) is 15.9 Å². The second-order valence-electron chi connectivity index (χ2n) is 4.67. The van der Waals surface area contributed by atoms with Crippen LogP contribution < -0.4 is 5.32 Å². The van der Waals surface area contributed by atoms with Crippen LogP contribution in [-0.4, -0.2) is 18.5 Å². The molecule has 0 unspecified atom stereocenters. The summed E-state index contributed by atoms with van der Waals surface area (Å²) in [6.45, 7) is 3.55. The van der Waals surface area contributed by atoms with Crippen LogP contribution >= 0.6 is 34.5 Å². The number of nitriles is 1. The van der Waals surface area contributed by atoms with E-state index in [4.69, 9.17) is 27.9 Å². The Morgan fingerprint density at radius 1 is 1.38 bits per heavy atom. The van der Waals surface area contributed by atoms with E-state index in [0.717, 1.165) is 11.3 Å². The molecule has 0 saturated carbocycles. The first-order valence-electron chi connectivity index (χ1n) is 6.86. The number of benzene rings is 1. The Hall–Kier alpha value is -2.07. The maximum atomic E-state index is 12.4. The highest BCUT2D eigenvalue weighted by Crippen LogP contribution is 2.34. The second-order valence-corrected chi connectivity index (χ2v) is 6.54. The quantitative estimate of drug-likeness (QED) is 0.779. The van der Waals surface area contributed by atoms with Crippen molar-refractivity contribution in [1.29, 1.82) is 5.26 Å². The van der Waals surface area contributed by atoms with E-state index in [-0.39, 0.29) is 32.6 Å². The van der Waals surface area contributed by atoms with E-state index in [9.17, 15) is 14.9 Å². The molecule has 1 aromatic heterocycles. The van der Waals surface area contributed by atoms with Gasteiger partial charge in [0.15, 0.2) is 0 Å². The van der Waals surface area contributed by atoms with Crippen molar-refractivity contribution < 1.29 is 14.3 Å². The normalized spacial score (nSPS) is 10.1. The van der Waals surface area contributed by atoms with E-state index < -0.39 is 11.9 Å². The maximum Gasteiger partial charge on any atom is 0.348 e. The van der Waals surface area contributed by atoms with Crippen LogP contribution in [0.1, 0.15) is 38.1 Å². The summed E-state index contributed by atoms with van der Waals surface area (Å²) in [6.07, 6.45) is 0. The first-order valence-corrected chi connectivity index (χ1v) is 8.43. The minimum Gasteiger partial charge on any atom is -0.462 e. The average molecular weight is 383 g/mol. The highest BCUT2D eigenvalue weighted by Gasteiger charge is 2.23. The van der Waals surface area contributed by atoms with Gasteiger partial charge in [-0.3, -0.25) is 4.79 Å². The number of esters is 1. The standard InChI is InChI=1S/C16H12Cl2N2O3S/c1-3-23-16(22)13-8(2)11(7-19)15(24-13)20-14(21)10-5-4-9(17)6-12(10)18/h4-6H,3H2,1-2H3,(H,20,21). The number of anilines is 1. The fourth-order valence-corrected chi connectivity index (χ4v) is 3.51. The predicted molar refractivity (Wildman–Crippen MR) is 94.1 cm³/mol. The van der Waals surface area contributed by atoms with Crippen LogP contribution in [0.15, 0.2) is 18.2 Å². The number of hydrogen-bond acceptors (Lipinski definition) is 5. The molecule has 24 heavy (non-hydrogen) atoms. The number of hydrogen-bond donors (Lipinski definition) is 1. The molecule has 2 rings (SSSR count). The minimum atomic E-state index is -0.526. The Kier molecular flexibility index (Phi) is 5.84. The summed E-state index contributed by atoms with van der Waals surface area (Å²) in [5.41, 5.74) is 0.911. The van der Waals surface area contributed by atoms with Crippen LogP contribution in [0.25, 0.3) is 0 Å². The number of ether oxygens (including phenoxy) is 1.